The number of pyridine rings is 1. The third kappa shape index (κ3) is 6.78. The van der Waals surface area contributed by atoms with Gasteiger partial charge in [-0.15, -0.1) is 0 Å². The largest absolute Gasteiger partial charge is 0.489 e. The molecule has 0 aliphatic rings. The highest BCUT2D eigenvalue weighted by Crippen LogP contribution is 2.24. The number of hydrogen-bond acceptors (Lipinski definition) is 7. The monoisotopic (exact) mass is 341 g/mol. The summed E-state index contributed by atoms with van der Waals surface area (Å²) in [5.41, 5.74) is -0.00212. The first kappa shape index (κ1) is 19.6. The SMILES string of the molecule is COc1ccc(COC[C@@H](C)OC(=O)NC(C)(C)C)nc1[N+](=O)[O-]. The quantitative estimate of drug-likeness (QED) is 0.598. The number of alkyl carbamates (subject to hydrolysis) is 1. The molecule has 0 aliphatic carbocycles. The van der Waals surface area contributed by atoms with Gasteiger partial charge in [-0.1, -0.05) is 0 Å². The lowest BCUT2D eigenvalue weighted by Crippen LogP contribution is -2.42. The van der Waals surface area contributed by atoms with E-state index < -0.39 is 17.1 Å². The molecule has 1 rings (SSSR count). The van der Waals surface area contributed by atoms with Crippen LogP contribution in [0.4, 0.5) is 10.6 Å². The predicted molar refractivity (Wildman–Crippen MR) is 85.9 cm³/mol. The molecule has 1 amide bonds. The molecule has 24 heavy (non-hydrogen) atoms. The van der Waals surface area contributed by atoms with E-state index in [0.717, 1.165) is 0 Å². The van der Waals surface area contributed by atoms with E-state index in [1.54, 1.807) is 13.0 Å². The molecule has 0 spiro atoms. The standard InChI is InChI=1S/C15H23N3O6/c1-10(24-14(19)17-15(2,3)4)8-23-9-11-6-7-12(22-5)13(16-11)18(20)21/h6-7,10H,8-9H2,1-5H3,(H,17,19)/t10-/m1/s1. The lowest BCUT2D eigenvalue weighted by molar-refractivity contribution is -0.390. The van der Waals surface area contributed by atoms with E-state index in [4.69, 9.17) is 14.2 Å². The first-order valence-corrected chi connectivity index (χ1v) is 7.37. The molecule has 1 aromatic rings. The number of hydrogen-bond donors (Lipinski definition) is 1. The number of nitrogens with one attached hydrogen (secondary N) is 1. The van der Waals surface area contributed by atoms with Crippen molar-refractivity contribution in [3.63, 3.8) is 0 Å². The molecule has 0 saturated heterocycles. The van der Waals surface area contributed by atoms with E-state index in [2.05, 4.69) is 10.3 Å². The van der Waals surface area contributed by atoms with Crippen LogP contribution in [-0.4, -0.2) is 41.4 Å². The van der Waals surface area contributed by atoms with Crippen molar-refractivity contribution in [2.45, 2.75) is 45.9 Å². The van der Waals surface area contributed by atoms with Gasteiger partial charge in [-0.25, -0.2) is 4.79 Å². The van der Waals surface area contributed by atoms with Crippen LogP contribution in [0.25, 0.3) is 0 Å². The van der Waals surface area contributed by atoms with Gasteiger partial charge in [-0.2, -0.15) is 0 Å². The van der Waals surface area contributed by atoms with Gasteiger partial charge < -0.3 is 29.6 Å². The number of amides is 1. The number of methoxy groups -OCH3 is 1. The average Bonchev–Trinajstić information content (AvgIpc) is 2.44. The minimum atomic E-state index is -0.620. The summed E-state index contributed by atoms with van der Waals surface area (Å²) in [6, 6.07) is 3.03. The second-order valence-corrected chi connectivity index (χ2v) is 6.19. The van der Waals surface area contributed by atoms with Gasteiger partial charge >= 0.3 is 11.9 Å². The van der Waals surface area contributed by atoms with Crippen LogP contribution in [0.3, 0.4) is 0 Å². The first-order valence-electron chi connectivity index (χ1n) is 7.37. The van der Waals surface area contributed by atoms with Crippen molar-refractivity contribution in [1.29, 1.82) is 0 Å². The Labute approximate surface area is 140 Å². The average molecular weight is 341 g/mol. The maximum absolute atomic E-state index is 11.6. The summed E-state index contributed by atoms with van der Waals surface area (Å²) in [5.74, 6) is -0.285. The van der Waals surface area contributed by atoms with E-state index in [9.17, 15) is 14.9 Å². The Balaban J connectivity index is 2.48. The van der Waals surface area contributed by atoms with Crippen LogP contribution in [0.1, 0.15) is 33.4 Å². The summed E-state index contributed by atoms with van der Waals surface area (Å²) in [7, 11) is 1.34. The Bertz CT molecular complexity index is 585. The van der Waals surface area contributed by atoms with Gasteiger partial charge in [0.05, 0.1) is 13.7 Å². The molecule has 1 atom stereocenters. The van der Waals surface area contributed by atoms with Crippen LogP contribution in [0, 0.1) is 10.1 Å². The predicted octanol–water partition coefficient (Wildman–Crippen LogP) is 2.43. The highest BCUT2D eigenvalue weighted by Gasteiger charge is 2.19. The molecule has 0 fully saturated rings. The van der Waals surface area contributed by atoms with Gasteiger partial charge in [0, 0.05) is 5.54 Å². The van der Waals surface area contributed by atoms with Gasteiger partial charge in [0.15, 0.2) is 5.69 Å². The van der Waals surface area contributed by atoms with Crippen molar-refractivity contribution >= 4 is 11.9 Å². The van der Waals surface area contributed by atoms with Gasteiger partial charge in [0.2, 0.25) is 5.75 Å². The molecule has 0 radical (unpaired) electrons. The number of rotatable bonds is 7. The van der Waals surface area contributed by atoms with Crippen LogP contribution in [0.5, 0.6) is 5.75 Å². The van der Waals surface area contributed by atoms with Gasteiger partial charge in [0.25, 0.3) is 0 Å². The van der Waals surface area contributed by atoms with Gasteiger partial charge in [-0.3, -0.25) is 0 Å². The molecule has 1 N–H and O–H groups in total. The number of nitro groups is 1. The Morgan fingerprint density at radius 3 is 2.62 bits per heavy atom. The molecule has 9 heteroatoms. The number of carbonyl (C=O) groups is 1. The molecule has 1 heterocycles. The summed E-state index contributed by atoms with van der Waals surface area (Å²) in [6.45, 7) is 7.41. The molecule has 0 unspecified atom stereocenters. The molecule has 0 aromatic carbocycles. The van der Waals surface area contributed by atoms with E-state index in [1.165, 1.54) is 13.2 Å². The Kier molecular flexibility index (Phi) is 6.90. The fourth-order valence-corrected chi connectivity index (χ4v) is 1.73. The summed E-state index contributed by atoms with van der Waals surface area (Å²) < 4.78 is 15.4. The van der Waals surface area contributed by atoms with Crippen molar-refractivity contribution in [3.05, 3.63) is 27.9 Å². The smallest absolute Gasteiger partial charge is 0.407 e. The molecular formula is C15H23N3O6. The van der Waals surface area contributed by atoms with Crippen molar-refractivity contribution in [2.75, 3.05) is 13.7 Å². The van der Waals surface area contributed by atoms with Crippen molar-refractivity contribution in [2.24, 2.45) is 0 Å². The number of nitrogens with zero attached hydrogens (tertiary/aromatic N) is 2. The van der Waals surface area contributed by atoms with Crippen LogP contribution in [0.2, 0.25) is 0 Å². The Hall–Kier alpha value is -2.42. The molecule has 0 bridgehead atoms. The Morgan fingerprint density at radius 2 is 2.08 bits per heavy atom. The van der Waals surface area contributed by atoms with Gasteiger partial charge in [0.1, 0.15) is 12.7 Å². The van der Waals surface area contributed by atoms with Crippen molar-refractivity contribution in [1.82, 2.24) is 10.3 Å². The van der Waals surface area contributed by atoms with Gasteiger partial charge in [-0.05, 0) is 49.7 Å². The Morgan fingerprint density at radius 1 is 1.42 bits per heavy atom. The summed E-state index contributed by atoms with van der Waals surface area (Å²) in [5, 5.41) is 13.6. The van der Waals surface area contributed by atoms with Crippen molar-refractivity contribution in [3.8, 4) is 5.75 Å². The fraction of sp³-hybridized carbons (Fsp3) is 0.600. The maximum Gasteiger partial charge on any atom is 0.407 e. The molecule has 0 saturated carbocycles. The van der Waals surface area contributed by atoms with Crippen LogP contribution < -0.4 is 10.1 Å². The normalized spacial score (nSPS) is 12.4. The lowest BCUT2D eigenvalue weighted by Gasteiger charge is -2.22. The molecule has 134 valence electrons. The molecular weight excluding hydrogens is 318 g/mol. The fourth-order valence-electron chi connectivity index (χ4n) is 1.73. The van der Waals surface area contributed by atoms with E-state index >= 15 is 0 Å². The summed E-state index contributed by atoms with van der Waals surface area (Å²) in [6.07, 6.45) is -1.00. The minimum Gasteiger partial charge on any atom is -0.489 e. The zero-order valence-corrected chi connectivity index (χ0v) is 14.5. The third-order valence-electron chi connectivity index (χ3n) is 2.68. The van der Waals surface area contributed by atoms with E-state index in [0.29, 0.717) is 5.69 Å². The highest BCUT2D eigenvalue weighted by atomic mass is 16.6. The van der Waals surface area contributed by atoms with Crippen LogP contribution >= 0.6 is 0 Å². The highest BCUT2D eigenvalue weighted by molar-refractivity contribution is 5.68. The topological polar surface area (TPSA) is 113 Å². The summed E-state index contributed by atoms with van der Waals surface area (Å²) in [4.78, 5) is 25.8. The maximum atomic E-state index is 11.6. The van der Waals surface area contributed by atoms with Crippen molar-refractivity contribution < 1.29 is 23.9 Å². The number of carbonyl (C=O) groups excluding carboxylic acids is 1. The second-order valence-electron chi connectivity index (χ2n) is 6.19. The van der Waals surface area contributed by atoms with E-state index in [1.807, 2.05) is 20.8 Å². The lowest BCUT2D eigenvalue weighted by atomic mass is 10.1. The number of aromatic nitrogens is 1. The first-order chi connectivity index (χ1) is 11.1. The minimum absolute atomic E-state index is 0.0550. The van der Waals surface area contributed by atoms with E-state index in [-0.39, 0.29) is 30.3 Å². The number of ether oxygens (including phenoxy) is 3. The second kappa shape index (κ2) is 8.44. The van der Waals surface area contributed by atoms with Crippen LogP contribution in [0.15, 0.2) is 12.1 Å². The molecule has 1 aromatic heterocycles. The molecule has 0 aliphatic heterocycles. The zero-order chi connectivity index (χ0) is 18.3. The third-order valence-corrected chi connectivity index (χ3v) is 2.68. The zero-order valence-electron chi connectivity index (χ0n) is 14.5. The summed E-state index contributed by atoms with van der Waals surface area (Å²) >= 11 is 0. The molecule has 9 nitrogen and oxygen atoms in total. The van der Waals surface area contributed by atoms with Crippen LogP contribution in [-0.2, 0) is 16.1 Å².